The molecule has 6 nitrogen and oxygen atoms in total. The number of thiocarbonyl (C=S) groups is 1. The Balaban J connectivity index is 2.29. The summed E-state index contributed by atoms with van der Waals surface area (Å²) in [5, 5.41) is 10.8. The third-order valence-corrected chi connectivity index (χ3v) is 2.50. The van der Waals surface area contributed by atoms with Gasteiger partial charge >= 0.3 is 11.0 Å². The van der Waals surface area contributed by atoms with Crippen LogP contribution in [0.4, 0.5) is 5.82 Å². The predicted octanol–water partition coefficient (Wildman–Crippen LogP) is 2.31. The molecule has 18 heavy (non-hydrogen) atoms. The first-order valence-corrected chi connectivity index (χ1v) is 5.46. The van der Waals surface area contributed by atoms with Gasteiger partial charge in [0.15, 0.2) is 0 Å². The first-order chi connectivity index (χ1) is 8.59. The van der Waals surface area contributed by atoms with Crippen molar-refractivity contribution < 1.29 is 9.66 Å². The molecule has 0 saturated heterocycles. The number of hydrogen-bond acceptors (Lipinski definition) is 5. The van der Waals surface area contributed by atoms with Gasteiger partial charge in [-0.2, -0.15) is 0 Å². The predicted molar refractivity (Wildman–Crippen MR) is 68.7 cm³/mol. The number of rotatable bonds is 2. The summed E-state index contributed by atoms with van der Waals surface area (Å²) in [5.74, 6) is 0.709. The maximum Gasteiger partial charge on any atom is 0.367 e. The van der Waals surface area contributed by atoms with E-state index in [2.05, 4.69) is 4.98 Å². The summed E-state index contributed by atoms with van der Waals surface area (Å²) in [5.41, 5.74) is 0. The van der Waals surface area contributed by atoms with Gasteiger partial charge in [-0.15, -0.1) is 4.57 Å². The van der Waals surface area contributed by atoms with Crippen molar-refractivity contribution in [2.75, 3.05) is 0 Å². The molecule has 0 radical (unpaired) electrons. The van der Waals surface area contributed by atoms with Crippen LogP contribution in [0.1, 0.15) is 5.82 Å². The molecular weight excluding hydrogens is 254 g/mol. The number of nitrogens with zero attached hydrogens (tertiary/aromatic N) is 3. The minimum absolute atomic E-state index is 0.0251. The zero-order chi connectivity index (χ0) is 13.1. The smallest absolute Gasteiger partial charge is 0.367 e. The van der Waals surface area contributed by atoms with Crippen LogP contribution in [0, 0.1) is 17.0 Å². The van der Waals surface area contributed by atoms with Crippen molar-refractivity contribution >= 4 is 23.2 Å². The summed E-state index contributed by atoms with van der Waals surface area (Å²) in [7, 11) is 0. The third-order valence-electron chi connectivity index (χ3n) is 2.24. The van der Waals surface area contributed by atoms with E-state index in [0.717, 1.165) is 6.20 Å². The Labute approximate surface area is 108 Å². The molecule has 0 aliphatic heterocycles. The van der Waals surface area contributed by atoms with Crippen LogP contribution in [0.2, 0.25) is 0 Å². The number of ether oxygens (including phenoxy) is 1. The standard InChI is InChI=1S/C11H9N3O3S/c1-8-12-7-10(14(15)16)13(8)11(18)17-9-5-3-2-4-6-9/h2-7H,1H3. The van der Waals surface area contributed by atoms with E-state index in [1.165, 1.54) is 4.57 Å². The molecular formula is C11H9N3O3S. The summed E-state index contributed by atoms with van der Waals surface area (Å²) in [6.45, 7) is 1.62. The van der Waals surface area contributed by atoms with E-state index in [0.29, 0.717) is 11.6 Å². The van der Waals surface area contributed by atoms with Crippen molar-refractivity contribution in [2.45, 2.75) is 6.92 Å². The van der Waals surface area contributed by atoms with Gasteiger partial charge in [0.1, 0.15) is 11.9 Å². The van der Waals surface area contributed by atoms with E-state index in [1.54, 1.807) is 31.2 Å². The third kappa shape index (κ3) is 2.35. The Morgan fingerprint density at radius 3 is 2.72 bits per heavy atom. The lowest BCUT2D eigenvalue weighted by Gasteiger charge is -2.05. The number of hydrogen-bond donors (Lipinski definition) is 0. The molecule has 0 N–H and O–H groups in total. The quantitative estimate of drug-likeness (QED) is 0.472. The molecule has 0 bridgehead atoms. The highest BCUT2D eigenvalue weighted by atomic mass is 32.1. The van der Waals surface area contributed by atoms with E-state index in [4.69, 9.17) is 17.0 Å². The molecule has 0 amide bonds. The van der Waals surface area contributed by atoms with Crippen molar-refractivity contribution in [1.29, 1.82) is 0 Å². The molecule has 0 atom stereocenters. The molecule has 1 aromatic carbocycles. The topological polar surface area (TPSA) is 70.2 Å². The van der Waals surface area contributed by atoms with Gasteiger partial charge in [-0.05, 0) is 17.1 Å². The van der Waals surface area contributed by atoms with Crippen LogP contribution >= 0.6 is 12.2 Å². The normalized spacial score (nSPS) is 10.1. The number of aromatic nitrogens is 2. The summed E-state index contributed by atoms with van der Waals surface area (Å²) >= 11 is 5.05. The Morgan fingerprint density at radius 2 is 2.11 bits per heavy atom. The number of para-hydroxylation sites is 1. The van der Waals surface area contributed by atoms with Crippen LogP contribution in [0.3, 0.4) is 0 Å². The maximum atomic E-state index is 10.8. The van der Waals surface area contributed by atoms with Crippen molar-refractivity contribution in [1.82, 2.24) is 9.55 Å². The van der Waals surface area contributed by atoms with Crippen molar-refractivity contribution in [3.8, 4) is 5.75 Å². The molecule has 1 aromatic heterocycles. The molecule has 0 spiro atoms. The summed E-state index contributed by atoms with van der Waals surface area (Å²) in [6.07, 6.45) is 1.15. The van der Waals surface area contributed by atoms with Gasteiger partial charge in [-0.3, -0.25) is 0 Å². The molecule has 7 heteroatoms. The second-order valence-corrected chi connectivity index (χ2v) is 3.79. The molecule has 0 aliphatic carbocycles. The van der Waals surface area contributed by atoms with Gasteiger partial charge in [0.25, 0.3) is 0 Å². The summed E-state index contributed by atoms with van der Waals surface area (Å²) < 4.78 is 6.56. The van der Waals surface area contributed by atoms with Crippen molar-refractivity contribution in [2.24, 2.45) is 0 Å². The summed E-state index contributed by atoms with van der Waals surface area (Å²) in [6, 6.07) is 8.83. The minimum atomic E-state index is -0.555. The average molecular weight is 263 g/mol. The van der Waals surface area contributed by atoms with E-state index in [-0.39, 0.29) is 11.0 Å². The Kier molecular flexibility index (Phi) is 3.33. The van der Waals surface area contributed by atoms with Crippen LogP contribution in [0.5, 0.6) is 5.75 Å². The zero-order valence-electron chi connectivity index (χ0n) is 9.44. The molecule has 0 aliphatic rings. The van der Waals surface area contributed by atoms with Gasteiger partial charge in [0.05, 0.1) is 0 Å². The van der Waals surface area contributed by atoms with Crippen LogP contribution < -0.4 is 4.74 Å². The number of nitro groups is 1. The van der Waals surface area contributed by atoms with Gasteiger partial charge in [-0.25, -0.2) is 4.98 Å². The van der Waals surface area contributed by atoms with E-state index >= 15 is 0 Å². The van der Waals surface area contributed by atoms with Gasteiger partial charge in [0, 0.05) is 19.1 Å². The van der Waals surface area contributed by atoms with E-state index < -0.39 is 4.92 Å². The first kappa shape index (κ1) is 12.2. The van der Waals surface area contributed by atoms with E-state index in [1.807, 2.05) is 6.07 Å². The van der Waals surface area contributed by atoms with Gasteiger partial charge < -0.3 is 14.9 Å². The lowest BCUT2D eigenvalue weighted by molar-refractivity contribution is -0.390. The Hall–Kier alpha value is -2.28. The fourth-order valence-electron chi connectivity index (χ4n) is 1.42. The first-order valence-electron chi connectivity index (χ1n) is 5.05. The van der Waals surface area contributed by atoms with Crippen LogP contribution in [0.25, 0.3) is 0 Å². The summed E-state index contributed by atoms with van der Waals surface area (Å²) in [4.78, 5) is 14.1. The number of imidazole rings is 1. The molecule has 2 rings (SSSR count). The zero-order valence-corrected chi connectivity index (χ0v) is 10.3. The number of aryl methyl sites for hydroxylation is 1. The Bertz CT molecular complexity index is 595. The molecule has 0 unspecified atom stereocenters. The monoisotopic (exact) mass is 263 g/mol. The van der Waals surface area contributed by atoms with Gasteiger partial charge in [-0.1, -0.05) is 18.2 Å². The minimum Gasteiger partial charge on any atom is -0.414 e. The van der Waals surface area contributed by atoms with Gasteiger partial charge in [0.2, 0.25) is 5.82 Å². The van der Waals surface area contributed by atoms with Crippen LogP contribution in [-0.2, 0) is 0 Å². The van der Waals surface area contributed by atoms with Crippen LogP contribution in [-0.4, -0.2) is 19.6 Å². The lowest BCUT2D eigenvalue weighted by Crippen LogP contribution is -2.19. The number of benzene rings is 1. The molecule has 92 valence electrons. The Morgan fingerprint density at radius 1 is 1.44 bits per heavy atom. The largest absolute Gasteiger partial charge is 0.414 e. The SMILES string of the molecule is Cc1ncc([N+](=O)[O-])n1C(=S)Oc1ccccc1. The molecule has 0 saturated carbocycles. The molecule has 1 heterocycles. The average Bonchev–Trinajstić information content (AvgIpc) is 2.72. The highest BCUT2D eigenvalue weighted by Gasteiger charge is 2.23. The fraction of sp³-hybridized carbons (Fsp3) is 0.0909. The lowest BCUT2D eigenvalue weighted by atomic mass is 10.3. The highest BCUT2D eigenvalue weighted by Crippen LogP contribution is 2.16. The second kappa shape index (κ2) is 4.92. The molecule has 0 fully saturated rings. The van der Waals surface area contributed by atoms with E-state index in [9.17, 15) is 10.1 Å². The van der Waals surface area contributed by atoms with Crippen molar-refractivity contribution in [3.05, 3.63) is 52.5 Å². The highest BCUT2D eigenvalue weighted by molar-refractivity contribution is 7.80. The van der Waals surface area contributed by atoms with Crippen LogP contribution in [0.15, 0.2) is 36.5 Å². The maximum absolute atomic E-state index is 10.8. The fourth-order valence-corrected chi connectivity index (χ4v) is 1.74. The molecule has 2 aromatic rings. The van der Waals surface area contributed by atoms with Crippen molar-refractivity contribution in [3.63, 3.8) is 0 Å². The second-order valence-electron chi connectivity index (χ2n) is 3.44.